The lowest BCUT2D eigenvalue weighted by Crippen LogP contribution is -2.23. The highest BCUT2D eigenvalue weighted by molar-refractivity contribution is 8.00. The first kappa shape index (κ1) is 18.1. The molecule has 25 heavy (non-hydrogen) atoms. The number of fused-ring (bicyclic) bond motifs is 1. The van der Waals surface area contributed by atoms with E-state index in [9.17, 15) is 9.59 Å². The molecule has 2 aromatic rings. The summed E-state index contributed by atoms with van der Waals surface area (Å²) in [6.45, 7) is 6.10. The Morgan fingerprint density at radius 3 is 2.96 bits per heavy atom. The van der Waals surface area contributed by atoms with Crippen molar-refractivity contribution in [1.82, 2.24) is 9.55 Å². The molecule has 1 unspecified atom stereocenters. The summed E-state index contributed by atoms with van der Waals surface area (Å²) < 4.78 is 1.54. The van der Waals surface area contributed by atoms with Crippen LogP contribution in [0.1, 0.15) is 23.7 Å². The molecule has 5 nitrogen and oxygen atoms in total. The second-order valence-corrected chi connectivity index (χ2v) is 8.64. The number of carbonyl (C=O) groups excluding carboxylic acids is 1. The third-order valence-corrected chi connectivity index (χ3v) is 6.53. The Morgan fingerprint density at radius 2 is 2.20 bits per heavy atom. The van der Waals surface area contributed by atoms with Gasteiger partial charge in [-0.1, -0.05) is 30.8 Å². The first-order chi connectivity index (χ1) is 11.9. The van der Waals surface area contributed by atoms with Crippen molar-refractivity contribution in [2.75, 3.05) is 11.1 Å². The fourth-order valence-corrected chi connectivity index (χ4v) is 4.64. The van der Waals surface area contributed by atoms with Crippen molar-refractivity contribution in [2.24, 2.45) is 7.05 Å². The van der Waals surface area contributed by atoms with Crippen molar-refractivity contribution >= 4 is 35.1 Å². The van der Waals surface area contributed by atoms with E-state index in [0.717, 1.165) is 33.8 Å². The van der Waals surface area contributed by atoms with Gasteiger partial charge in [-0.25, -0.2) is 4.98 Å². The molecule has 1 aliphatic heterocycles. The van der Waals surface area contributed by atoms with Crippen molar-refractivity contribution < 1.29 is 4.79 Å². The second kappa shape index (κ2) is 7.25. The molecule has 2 heterocycles. The molecule has 1 aromatic carbocycles. The molecule has 132 valence electrons. The van der Waals surface area contributed by atoms with E-state index in [2.05, 4.69) is 17.2 Å². The summed E-state index contributed by atoms with van der Waals surface area (Å²) in [6.07, 6.45) is 0.804. The summed E-state index contributed by atoms with van der Waals surface area (Å²) in [7, 11) is 1.71. The summed E-state index contributed by atoms with van der Waals surface area (Å²) >= 11 is 2.88. The third kappa shape index (κ3) is 3.77. The van der Waals surface area contributed by atoms with Gasteiger partial charge in [0.1, 0.15) is 0 Å². The molecular formula is C18H21N3O2S2. The molecule has 1 atom stereocenters. The molecule has 7 heteroatoms. The molecule has 0 spiro atoms. The van der Waals surface area contributed by atoms with Crippen LogP contribution >= 0.6 is 23.5 Å². The minimum Gasteiger partial charge on any atom is -0.325 e. The fraction of sp³-hybridized carbons (Fsp3) is 0.389. The van der Waals surface area contributed by atoms with Crippen molar-refractivity contribution in [3.8, 4) is 0 Å². The van der Waals surface area contributed by atoms with Crippen LogP contribution < -0.4 is 10.9 Å². The summed E-state index contributed by atoms with van der Waals surface area (Å²) in [6, 6.07) is 5.84. The van der Waals surface area contributed by atoms with Crippen LogP contribution in [-0.4, -0.2) is 26.5 Å². The van der Waals surface area contributed by atoms with Crippen molar-refractivity contribution in [3.63, 3.8) is 0 Å². The maximum atomic E-state index is 12.4. The summed E-state index contributed by atoms with van der Waals surface area (Å²) in [5.74, 6) is 0.117. The van der Waals surface area contributed by atoms with Gasteiger partial charge >= 0.3 is 0 Å². The predicted molar refractivity (Wildman–Crippen MR) is 104 cm³/mol. The molecular weight excluding hydrogens is 354 g/mol. The summed E-state index contributed by atoms with van der Waals surface area (Å²) in [5.41, 5.74) is 3.87. The van der Waals surface area contributed by atoms with Gasteiger partial charge in [-0.15, -0.1) is 11.8 Å². The van der Waals surface area contributed by atoms with Crippen molar-refractivity contribution in [1.29, 1.82) is 0 Å². The van der Waals surface area contributed by atoms with Gasteiger partial charge in [0.15, 0.2) is 5.16 Å². The van der Waals surface area contributed by atoms with Crippen LogP contribution in [0.2, 0.25) is 0 Å². The van der Waals surface area contributed by atoms with E-state index in [1.165, 1.54) is 11.8 Å². The van der Waals surface area contributed by atoms with Gasteiger partial charge in [0.05, 0.1) is 16.3 Å². The maximum Gasteiger partial charge on any atom is 0.267 e. The van der Waals surface area contributed by atoms with E-state index in [0.29, 0.717) is 10.4 Å². The SMILES string of the molecule is Cc1cccc(NC(=O)CSc2nc3c(c(=O)n2C)SC(C)C3)c1C. The third-order valence-electron chi connectivity index (χ3n) is 4.29. The van der Waals surface area contributed by atoms with E-state index >= 15 is 0 Å². The number of nitrogens with one attached hydrogen (secondary N) is 1. The summed E-state index contributed by atoms with van der Waals surface area (Å²) in [5, 5.41) is 3.91. The maximum absolute atomic E-state index is 12.4. The van der Waals surface area contributed by atoms with E-state index in [1.54, 1.807) is 23.4 Å². The zero-order chi connectivity index (χ0) is 18.1. The zero-order valence-electron chi connectivity index (χ0n) is 14.8. The van der Waals surface area contributed by atoms with Gasteiger partial charge in [-0.2, -0.15) is 0 Å². The highest BCUT2D eigenvalue weighted by Crippen LogP contribution is 2.33. The summed E-state index contributed by atoms with van der Waals surface area (Å²) in [4.78, 5) is 30.1. The van der Waals surface area contributed by atoms with Gasteiger partial charge in [0.25, 0.3) is 5.56 Å². The quantitative estimate of drug-likeness (QED) is 0.657. The molecule has 1 aromatic heterocycles. The van der Waals surface area contributed by atoms with Crippen molar-refractivity contribution in [3.05, 3.63) is 45.4 Å². The molecule has 0 aliphatic carbocycles. The van der Waals surface area contributed by atoms with Crippen LogP contribution in [0.3, 0.4) is 0 Å². The molecule has 1 N–H and O–H groups in total. The molecule has 1 aliphatic rings. The number of carbonyl (C=O) groups is 1. The van der Waals surface area contributed by atoms with Crippen LogP contribution in [0.5, 0.6) is 0 Å². The number of amides is 1. The molecule has 0 saturated carbocycles. The average Bonchev–Trinajstić information content (AvgIpc) is 2.94. The molecule has 3 rings (SSSR count). The largest absolute Gasteiger partial charge is 0.325 e. The smallest absolute Gasteiger partial charge is 0.267 e. The van der Waals surface area contributed by atoms with Crippen LogP contribution in [-0.2, 0) is 18.3 Å². The highest BCUT2D eigenvalue weighted by Gasteiger charge is 2.25. The number of anilines is 1. The molecule has 0 fully saturated rings. The van der Waals surface area contributed by atoms with Crippen LogP contribution in [0.25, 0.3) is 0 Å². The Balaban J connectivity index is 1.71. The van der Waals surface area contributed by atoms with Crippen LogP contribution in [0.4, 0.5) is 5.69 Å². The number of benzene rings is 1. The number of aromatic nitrogens is 2. The number of aryl methyl sites for hydroxylation is 1. The number of hydrogen-bond donors (Lipinski definition) is 1. The van der Waals surface area contributed by atoms with E-state index in [-0.39, 0.29) is 17.2 Å². The number of thioether (sulfide) groups is 2. The molecule has 0 radical (unpaired) electrons. The Kier molecular flexibility index (Phi) is 5.24. The highest BCUT2D eigenvalue weighted by atomic mass is 32.2. The molecule has 0 saturated heterocycles. The lowest BCUT2D eigenvalue weighted by Gasteiger charge is -2.11. The standard InChI is InChI=1S/C18H21N3O2S2/c1-10-6-5-7-13(12(10)3)19-15(22)9-24-18-20-14-8-11(2)25-16(14)17(23)21(18)4/h5-7,11H,8-9H2,1-4H3,(H,19,22). The average molecular weight is 376 g/mol. The van der Waals surface area contributed by atoms with Crippen molar-refractivity contribution in [2.45, 2.75) is 42.5 Å². The minimum absolute atomic E-state index is 0.0169. The van der Waals surface area contributed by atoms with Crippen LogP contribution in [0, 0.1) is 13.8 Å². The Hall–Kier alpha value is -1.73. The monoisotopic (exact) mass is 375 g/mol. The topological polar surface area (TPSA) is 64.0 Å². The lowest BCUT2D eigenvalue weighted by molar-refractivity contribution is -0.113. The first-order valence-electron chi connectivity index (χ1n) is 8.12. The second-order valence-electron chi connectivity index (χ2n) is 6.25. The number of nitrogens with zero attached hydrogens (tertiary/aromatic N) is 2. The first-order valence-corrected chi connectivity index (χ1v) is 9.98. The van der Waals surface area contributed by atoms with E-state index in [1.807, 2.05) is 32.0 Å². The Morgan fingerprint density at radius 1 is 1.44 bits per heavy atom. The van der Waals surface area contributed by atoms with Gasteiger partial charge < -0.3 is 5.32 Å². The van der Waals surface area contributed by atoms with E-state index in [4.69, 9.17) is 0 Å². The minimum atomic E-state index is -0.101. The fourth-order valence-electron chi connectivity index (χ4n) is 2.71. The molecule has 0 bridgehead atoms. The van der Waals surface area contributed by atoms with E-state index < -0.39 is 0 Å². The van der Waals surface area contributed by atoms with Gasteiger partial charge in [0, 0.05) is 24.4 Å². The Labute approximate surface area is 155 Å². The van der Waals surface area contributed by atoms with Gasteiger partial charge in [-0.05, 0) is 31.0 Å². The van der Waals surface area contributed by atoms with Gasteiger partial charge in [0.2, 0.25) is 5.91 Å². The zero-order valence-corrected chi connectivity index (χ0v) is 16.4. The number of hydrogen-bond acceptors (Lipinski definition) is 5. The normalized spacial score (nSPS) is 15.9. The Bertz CT molecular complexity index is 893. The van der Waals surface area contributed by atoms with Gasteiger partial charge in [-0.3, -0.25) is 14.2 Å². The van der Waals surface area contributed by atoms with Crippen LogP contribution in [0.15, 0.2) is 33.0 Å². The lowest BCUT2D eigenvalue weighted by atomic mass is 10.1. The predicted octanol–water partition coefficient (Wildman–Crippen LogP) is 3.16. The molecule has 1 amide bonds. The number of rotatable bonds is 4.